The first-order valence-corrected chi connectivity index (χ1v) is 20.2. The molecule has 0 aliphatic heterocycles. The van der Waals surface area contributed by atoms with Gasteiger partial charge in [0.05, 0.1) is 15.9 Å². The maximum atomic E-state index is 5.37. The van der Waals surface area contributed by atoms with E-state index in [1.807, 2.05) is 17.4 Å². The van der Waals surface area contributed by atoms with Crippen LogP contribution in [0.3, 0.4) is 0 Å². The second-order valence-electron chi connectivity index (χ2n) is 14.9. The third-order valence-corrected chi connectivity index (χ3v) is 12.9. The molecular formula is C54H32N2S. The van der Waals surface area contributed by atoms with E-state index in [0.717, 1.165) is 38.4 Å². The summed E-state index contributed by atoms with van der Waals surface area (Å²) in [6, 6.07) is 70.2. The van der Waals surface area contributed by atoms with Crippen LogP contribution in [-0.2, 0) is 0 Å². The minimum Gasteiger partial charge on any atom is -0.226 e. The zero-order valence-electron chi connectivity index (χ0n) is 30.8. The summed E-state index contributed by atoms with van der Waals surface area (Å²) in [5.74, 6) is 0.735. The number of nitrogens with zero attached hydrogens (tertiary/aromatic N) is 2. The molecule has 12 rings (SSSR count). The molecule has 0 atom stereocenters. The Kier molecular flexibility index (Phi) is 7.13. The van der Waals surface area contributed by atoms with Crippen LogP contribution in [0.1, 0.15) is 0 Å². The summed E-state index contributed by atoms with van der Waals surface area (Å²) in [5.41, 5.74) is 8.75. The number of rotatable bonds is 4. The summed E-state index contributed by atoms with van der Waals surface area (Å²) in [6.07, 6.45) is 0. The number of aromatic nitrogens is 2. The maximum absolute atomic E-state index is 5.37. The molecule has 2 heterocycles. The monoisotopic (exact) mass is 740 g/mol. The molecular weight excluding hydrogens is 709 g/mol. The van der Waals surface area contributed by atoms with Crippen molar-refractivity contribution in [1.82, 2.24) is 9.97 Å². The van der Waals surface area contributed by atoms with Crippen LogP contribution in [0.4, 0.5) is 0 Å². The minimum absolute atomic E-state index is 0.735. The van der Waals surface area contributed by atoms with E-state index in [2.05, 4.69) is 188 Å². The average molecular weight is 741 g/mol. The maximum Gasteiger partial charge on any atom is 0.160 e. The van der Waals surface area contributed by atoms with Gasteiger partial charge < -0.3 is 0 Å². The highest BCUT2D eigenvalue weighted by atomic mass is 32.1. The summed E-state index contributed by atoms with van der Waals surface area (Å²) < 4.78 is 2.35. The van der Waals surface area contributed by atoms with Crippen LogP contribution in [0.2, 0.25) is 0 Å². The fraction of sp³-hybridized carbons (Fsp3) is 0. The minimum atomic E-state index is 0.735. The second-order valence-corrected chi connectivity index (χ2v) is 15.9. The summed E-state index contributed by atoms with van der Waals surface area (Å²) in [4.78, 5) is 10.7. The first kappa shape index (κ1) is 32.1. The van der Waals surface area contributed by atoms with Gasteiger partial charge in [0.15, 0.2) is 5.82 Å². The van der Waals surface area contributed by atoms with Crippen molar-refractivity contribution in [2.75, 3.05) is 0 Å². The van der Waals surface area contributed by atoms with E-state index in [-0.39, 0.29) is 0 Å². The normalized spacial score (nSPS) is 11.9. The highest BCUT2D eigenvalue weighted by Gasteiger charge is 2.21. The van der Waals surface area contributed by atoms with Crippen molar-refractivity contribution in [1.29, 1.82) is 0 Å². The zero-order chi connectivity index (χ0) is 37.5. The summed E-state index contributed by atoms with van der Waals surface area (Å²) in [6.45, 7) is 0. The van der Waals surface area contributed by atoms with Crippen LogP contribution in [0.15, 0.2) is 194 Å². The molecule has 0 bridgehead atoms. The third-order valence-electron chi connectivity index (χ3n) is 11.6. The van der Waals surface area contributed by atoms with Gasteiger partial charge in [-0.25, -0.2) is 9.97 Å². The lowest BCUT2D eigenvalue weighted by molar-refractivity contribution is 1.24. The predicted molar refractivity (Wildman–Crippen MR) is 244 cm³/mol. The van der Waals surface area contributed by atoms with E-state index in [1.54, 1.807) is 0 Å². The number of hydrogen-bond acceptors (Lipinski definition) is 3. The van der Waals surface area contributed by atoms with Crippen LogP contribution in [0, 0.1) is 0 Å². The molecule has 0 saturated heterocycles. The van der Waals surface area contributed by atoms with Gasteiger partial charge in [-0.05, 0) is 88.9 Å². The van der Waals surface area contributed by atoms with Crippen molar-refractivity contribution in [2.45, 2.75) is 0 Å². The van der Waals surface area contributed by atoms with Crippen molar-refractivity contribution >= 4 is 85.5 Å². The number of thiophene rings is 1. The Morgan fingerprint density at radius 3 is 1.35 bits per heavy atom. The first-order valence-electron chi connectivity index (χ1n) is 19.4. The molecule has 0 aliphatic carbocycles. The van der Waals surface area contributed by atoms with Gasteiger partial charge in [0, 0.05) is 26.6 Å². The standard InChI is InChI=1S/C54H32N2S/c1-2-14-33(15-3-1)54-55-50(53-51(56-54)49-46-26-10-8-23-42(46)43-24-9-11-27-47(43)52(49)57-53)38-19-13-18-36(31-38)34-16-12-17-35(30-34)37-28-29-45-41-22-5-4-20-39(41)40-21-6-7-25-44(40)48(45)32-37/h1-32H. The van der Waals surface area contributed by atoms with Crippen LogP contribution >= 0.6 is 11.3 Å². The van der Waals surface area contributed by atoms with Crippen LogP contribution in [-0.4, -0.2) is 9.97 Å². The SMILES string of the molecule is c1ccc(-c2nc(-c3cccc(-c4cccc(-c5ccc6c7ccccc7c7ccccc7c6c5)c4)c3)c3sc4c5ccccc5c5ccccc5c4c3n2)cc1. The van der Waals surface area contributed by atoms with Crippen molar-refractivity contribution in [3.05, 3.63) is 194 Å². The molecule has 2 aromatic heterocycles. The molecule has 12 aromatic rings. The van der Waals surface area contributed by atoms with E-state index < -0.39 is 0 Å². The molecule has 57 heavy (non-hydrogen) atoms. The van der Waals surface area contributed by atoms with Gasteiger partial charge in [-0.3, -0.25) is 0 Å². The largest absolute Gasteiger partial charge is 0.226 e. The van der Waals surface area contributed by atoms with Crippen LogP contribution < -0.4 is 0 Å². The third kappa shape index (κ3) is 5.03. The summed E-state index contributed by atoms with van der Waals surface area (Å²) in [5, 5.41) is 13.9. The molecule has 0 radical (unpaired) electrons. The molecule has 2 nitrogen and oxygen atoms in total. The number of hydrogen-bond donors (Lipinski definition) is 0. The average Bonchev–Trinajstić information content (AvgIpc) is 3.69. The number of benzene rings is 10. The molecule has 0 unspecified atom stereocenters. The quantitative estimate of drug-likeness (QED) is 0.168. The molecule has 0 amide bonds. The summed E-state index contributed by atoms with van der Waals surface area (Å²) in [7, 11) is 0. The molecule has 10 aromatic carbocycles. The van der Waals surface area contributed by atoms with Gasteiger partial charge in [-0.15, -0.1) is 11.3 Å². The van der Waals surface area contributed by atoms with Crippen LogP contribution in [0.25, 0.3) is 119 Å². The first-order chi connectivity index (χ1) is 28.3. The Balaban J connectivity index is 1.04. The Morgan fingerprint density at radius 1 is 0.281 bits per heavy atom. The van der Waals surface area contributed by atoms with E-state index in [0.29, 0.717) is 0 Å². The Hall–Kier alpha value is -7.20. The summed E-state index contributed by atoms with van der Waals surface area (Å²) >= 11 is 1.81. The van der Waals surface area contributed by atoms with Gasteiger partial charge >= 0.3 is 0 Å². The molecule has 0 N–H and O–H groups in total. The molecule has 0 saturated carbocycles. The molecule has 0 spiro atoms. The van der Waals surface area contributed by atoms with Crippen molar-refractivity contribution in [3.63, 3.8) is 0 Å². The Labute approximate surface area is 333 Å². The lowest BCUT2D eigenvalue weighted by atomic mass is 9.91. The fourth-order valence-corrected chi connectivity index (χ4v) is 10.3. The van der Waals surface area contributed by atoms with Gasteiger partial charge in [-0.1, -0.05) is 176 Å². The van der Waals surface area contributed by atoms with Crippen molar-refractivity contribution < 1.29 is 0 Å². The number of fused-ring (bicyclic) bond motifs is 14. The second kappa shape index (κ2) is 12.7. The van der Waals surface area contributed by atoms with Crippen LogP contribution in [0.5, 0.6) is 0 Å². The molecule has 3 heteroatoms. The topological polar surface area (TPSA) is 25.8 Å². The Morgan fingerprint density at radius 2 is 0.719 bits per heavy atom. The van der Waals surface area contributed by atoms with Gasteiger partial charge in [0.2, 0.25) is 0 Å². The molecule has 264 valence electrons. The zero-order valence-corrected chi connectivity index (χ0v) is 31.6. The van der Waals surface area contributed by atoms with Gasteiger partial charge in [0.1, 0.15) is 0 Å². The van der Waals surface area contributed by atoms with E-state index in [1.165, 1.54) is 80.6 Å². The van der Waals surface area contributed by atoms with E-state index in [9.17, 15) is 0 Å². The smallest absolute Gasteiger partial charge is 0.160 e. The predicted octanol–water partition coefficient (Wildman–Crippen LogP) is 15.3. The molecule has 0 aliphatic rings. The highest BCUT2D eigenvalue weighted by molar-refractivity contribution is 7.27. The lowest BCUT2D eigenvalue weighted by Gasteiger charge is -2.13. The van der Waals surface area contributed by atoms with E-state index >= 15 is 0 Å². The van der Waals surface area contributed by atoms with Gasteiger partial charge in [0.25, 0.3) is 0 Å². The molecule has 0 fully saturated rings. The Bertz CT molecular complexity index is 3550. The van der Waals surface area contributed by atoms with Crippen molar-refractivity contribution in [2.24, 2.45) is 0 Å². The highest BCUT2D eigenvalue weighted by Crippen LogP contribution is 2.46. The lowest BCUT2D eigenvalue weighted by Crippen LogP contribution is -1.94. The van der Waals surface area contributed by atoms with E-state index in [4.69, 9.17) is 9.97 Å². The van der Waals surface area contributed by atoms with Crippen molar-refractivity contribution in [3.8, 4) is 44.9 Å². The van der Waals surface area contributed by atoms with Gasteiger partial charge in [-0.2, -0.15) is 0 Å². The fourth-order valence-electron chi connectivity index (χ4n) is 8.99.